The fourth-order valence-electron chi connectivity index (χ4n) is 4.74. The summed E-state index contributed by atoms with van der Waals surface area (Å²) >= 11 is 0. The van der Waals surface area contributed by atoms with Gasteiger partial charge in [-0.1, -0.05) is 0 Å². The van der Waals surface area contributed by atoms with Crippen LogP contribution in [0.15, 0.2) is 43.0 Å². The normalized spacial score (nSPS) is 21.3. The lowest BCUT2D eigenvalue weighted by atomic mass is 9.95. The molecular formula is C26H33N7O3. The number of imidazole rings is 1. The van der Waals surface area contributed by atoms with Crippen LogP contribution in [0.4, 0.5) is 16.3 Å². The Balaban J connectivity index is 1.50. The Bertz CT molecular complexity index is 1200. The minimum absolute atomic E-state index is 0.201. The molecule has 0 spiro atoms. The number of hydrogen-bond acceptors (Lipinski definition) is 7. The van der Waals surface area contributed by atoms with E-state index in [1.807, 2.05) is 43.7 Å². The predicted octanol–water partition coefficient (Wildman–Crippen LogP) is 3.54. The molecule has 5 rings (SSSR count). The summed E-state index contributed by atoms with van der Waals surface area (Å²) in [5.74, 6) is 1.56. The van der Waals surface area contributed by atoms with Crippen molar-refractivity contribution in [2.24, 2.45) is 0 Å². The van der Waals surface area contributed by atoms with Gasteiger partial charge in [0.2, 0.25) is 0 Å². The zero-order valence-corrected chi connectivity index (χ0v) is 21.0. The molecule has 1 fully saturated rings. The third-order valence-electron chi connectivity index (χ3n) is 6.81. The molecule has 2 aliphatic heterocycles. The van der Waals surface area contributed by atoms with Crippen molar-refractivity contribution in [3.05, 3.63) is 54.2 Å². The first-order chi connectivity index (χ1) is 17.5. The van der Waals surface area contributed by atoms with Gasteiger partial charge in [-0.3, -0.25) is 0 Å². The number of aromatic nitrogens is 4. The van der Waals surface area contributed by atoms with Crippen LogP contribution in [-0.2, 0) is 28.2 Å². The molecule has 0 bridgehead atoms. The van der Waals surface area contributed by atoms with Crippen LogP contribution >= 0.6 is 0 Å². The molecule has 0 radical (unpaired) electrons. The van der Waals surface area contributed by atoms with E-state index in [2.05, 4.69) is 38.9 Å². The van der Waals surface area contributed by atoms with Gasteiger partial charge in [-0.25, -0.2) is 19.7 Å². The number of fused-ring (bicyclic) bond motifs is 1. The van der Waals surface area contributed by atoms with Crippen molar-refractivity contribution in [3.8, 4) is 11.4 Å². The van der Waals surface area contributed by atoms with Crippen LogP contribution in [0.25, 0.3) is 11.4 Å². The Morgan fingerprint density at radius 1 is 1.25 bits per heavy atom. The number of ether oxygens (including phenoxy) is 2. The molecule has 2 N–H and O–H groups in total. The first-order valence-corrected chi connectivity index (χ1v) is 12.5. The number of benzene rings is 1. The fraction of sp³-hybridized carbons (Fsp3) is 0.462. The van der Waals surface area contributed by atoms with E-state index in [0.717, 1.165) is 42.1 Å². The van der Waals surface area contributed by atoms with E-state index >= 15 is 0 Å². The number of amides is 2. The molecule has 1 saturated heterocycles. The smallest absolute Gasteiger partial charge is 0.319 e. The van der Waals surface area contributed by atoms with Crippen LogP contribution in [0.2, 0.25) is 0 Å². The number of nitrogens with zero attached hydrogens (tertiary/aromatic N) is 5. The van der Waals surface area contributed by atoms with E-state index in [-0.39, 0.29) is 12.1 Å². The number of anilines is 2. The molecule has 0 unspecified atom stereocenters. The van der Waals surface area contributed by atoms with Crippen LogP contribution in [-0.4, -0.2) is 57.9 Å². The highest BCUT2D eigenvalue weighted by atomic mass is 16.5. The molecular weight excluding hydrogens is 458 g/mol. The number of aryl methyl sites for hydroxylation is 1. The highest BCUT2D eigenvalue weighted by Gasteiger charge is 2.41. The minimum atomic E-state index is -0.540. The van der Waals surface area contributed by atoms with Crippen molar-refractivity contribution >= 4 is 17.5 Å². The molecule has 10 heteroatoms. The molecule has 0 aliphatic carbocycles. The van der Waals surface area contributed by atoms with Gasteiger partial charge in [-0.05, 0) is 51.5 Å². The fourth-order valence-corrected chi connectivity index (χ4v) is 4.74. The van der Waals surface area contributed by atoms with Crippen LogP contribution in [0.3, 0.4) is 0 Å². The standard InChI is InChI=1S/C26H33N7O3/c1-4-28-25(34)29-20-7-5-19(6-8-20)23-30-22-21(24(31-23)33-13-14-35-15-18(33)2)16-36-26(22,3)9-11-32-12-10-27-17-32/h5-8,10,12,17-18H,4,9,11,13-16H2,1-3H3,(H2,28,29,34)/t18-,26+/m0/s1. The number of hydrogen-bond donors (Lipinski definition) is 2. The summed E-state index contributed by atoms with van der Waals surface area (Å²) in [7, 11) is 0. The third-order valence-corrected chi connectivity index (χ3v) is 6.81. The number of nitrogens with one attached hydrogen (secondary N) is 2. The number of carbonyl (C=O) groups is 1. The molecule has 4 heterocycles. The third kappa shape index (κ3) is 4.91. The average Bonchev–Trinajstić information content (AvgIpc) is 3.52. The van der Waals surface area contributed by atoms with Gasteiger partial charge in [0.1, 0.15) is 11.4 Å². The molecule has 1 aromatic carbocycles. The quantitative estimate of drug-likeness (QED) is 0.521. The van der Waals surface area contributed by atoms with E-state index in [0.29, 0.717) is 37.9 Å². The summed E-state index contributed by atoms with van der Waals surface area (Å²) in [5, 5.41) is 5.57. The highest BCUT2D eigenvalue weighted by molar-refractivity contribution is 5.89. The Labute approximate surface area is 211 Å². The predicted molar refractivity (Wildman–Crippen MR) is 137 cm³/mol. The maximum Gasteiger partial charge on any atom is 0.319 e. The number of urea groups is 1. The van der Waals surface area contributed by atoms with Gasteiger partial charge in [0.05, 0.1) is 37.9 Å². The van der Waals surface area contributed by atoms with Gasteiger partial charge in [0.15, 0.2) is 5.82 Å². The van der Waals surface area contributed by atoms with E-state index in [1.165, 1.54) is 0 Å². The van der Waals surface area contributed by atoms with E-state index in [4.69, 9.17) is 19.4 Å². The van der Waals surface area contributed by atoms with Crippen molar-refractivity contribution < 1.29 is 14.3 Å². The monoisotopic (exact) mass is 491 g/mol. The summed E-state index contributed by atoms with van der Waals surface area (Å²) in [4.78, 5) is 28.5. The van der Waals surface area contributed by atoms with Crippen molar-refractivity contribution in [3.63, 3.8) is 0 Å². The summed E-state index contributed by atoms with van der Waals surface area (Å²) in [6, 6.07) is 7.59. The summed E-state index contributed by atoms with van der Waals surface area (Å²) in [6.07, 6.45) is 6.33. The zero-order valence-electron chi connectivity index (χ0n) is 21.0. The number of carbonyl (C=O) groups excluding carboxylic acids is 1. The van der Waals surface area contributed by atoms with Gasteiger partial charge in [0.25, 0.3) is 0 Å². The highest BCUT2D eigenvalue weighted by Crippen LogP contribution is 2.43. The number of rotatable bonds is 7. The molecule has 36 heavy (non-hydrogen) atoms. The second-order valence-electron chi connectivity index (χ2n) is 9.45. The minimum Gasteiger partial charge on any atom is -0.377 e. The van der Waals surface area contributed by atoms with Crippen molar-refractivity contribution in [1.29, 1.82) is 0 Å². The van der Waals surface area contributed by atoms with Gasteiger partial charge in [-0.15, -0.1) is 0 Å². The first kappa shape index (κ1) is 24.2. The summed E-state index contributed by atoms with van der Waals surface area (Å²) in [5.41, 5.74) is 3.04. The maximum atomic E-state index is 11.9. The van der Waals surface area contributed by atoms with E-state index in [1.54, 1.807) is 6.20 Å². The molecule has 190 valence electrons. The SMILES string of the molecule is CCNC(=O)Nc1ccc(-c2nc(N3CCOC[C@@H]3C)c3c(n2)[C@@](C)(CCn2ccnc2)OC3)cc1. The molecule has 10 nitrogen and oxygen atoms in total. The van der Waals surface area contributed by atoms with Gasteiger partial charge in [-0.2, -0.15) is 0 Å². The molecule has 2 atom stereocenters. The lowest BCUT2D eigenvalue weighted by Crippen LogP contribution is -2.44. The summed E-state index contributed by atoms with van der Waals surface area (Å²) < 4.78 is 14.1. The molecule has 0 saturated carbocycles. The molecule has 2 amide bonds. The van der Waals surface area contributed by atoms with Gasteiger partial charge in [0, 0.05) is 48.8 Å². The van der Waals surface area contributed by atoms with Gasteiger partial charge >= 0.3 is 6.03 Å². The van der Waals surface area contributed by atoms with E-state index < -0.39 is 5.60 Å². The largest absolute Gasteiger partial charge is 0.377 e. The van der Waals surface area contributed by atoms with Crippen LogP contribution in [0.1, 0.15) is 38.4 Å². The van der Waals surface area contributed by atoms with Crippen LogP contribution < -0.4 is 15.5 Å². The molecule has 2 aliphatic rings. The van der Waals surface area contributed by atoms with Crippen molar-refractivity contribution in [2.45, 2.75) is 52.0 Å². The Morgan fingerprint density at radius 2 is 2.08 bits per heavy atom. The van der Waals surface area contributed by atoms with E-state index in [9.17, 15) is 4.79 Å². The van der Waals surface area contributed by atoms with Crippen molar-refractivity contribution in [1.82, 2.24) is 24.8 Å². The second-order valence-corrected chi connectivity index (χ2v) is 9.45. The maximum absolute atomic E-state index is 11.9. The lowest BCUT2D eigenvalue weighted by Gasteiger charge is -2.35. The average molecular weight is 492 g/mol. The van der Waals surface area contributed by atoms with Crippen LogP contribution in [0.5, 0.6) is 0 Å². The Morgan fingerprint density at radius 3 is 2.81 bits per heavy atom. The lowest BCUT2D eigenvalue weighted by molar-refractivity contribution is -0.0345. The molecule has 2 aromatic heterocycles. The molecule has 3 aromatic rings. The van der Waals surface area contributed by atoms with Crippen LogP contribution in [0, 0.1) is 0 Å². The Hall–Kier alpha value is -3.50. The summed E-state index contributed by atoms with van der Waals surface area (Å²) in [6.45, 7) is 10.1. The van der Waals surface area contributed by atoms with Gasteiger partial charge < -0.3 is 29.6 Å². The Kier molecular flexibility index (Phi) is 6.88. The first-order valence-electron chi connectivity index (χ1n) is 12.5. The topological polar surface area (TPSA) is 106 Å². The second kappa shape index (κ2) is 10.2. The zero-order chi connectivity index (χ0) is 25.1. The van der Waals surface area contributed by atoms with Crippen molar-refractivity contribution in [2.75, 3.05) is 36.5 Å². The number of morpholine rings is 1.